The van der Waals surface area contributed by atoms with Crippen LogP contribution >= 0.6 is 0 Å². The number of rotatable bonds is 3. The molecule has 2 heterocycles. The second-order valence-electron chi connectivity index (χ2n) is 4.57. The first-order valence-corrected chi connectivity index (χ1v) is 6.34. The fourth-order valence-electron chi connectivity index (χ4n) is 2.02. The van der Waals surface area contributed by atoms with E-state index in [1.807, 2.05) is 0 Å². The number of alkyl halides is 3. The Kier molecular flexibility index (Phi) is 3.40. The van der Waals surface area contributed by atoms with Gasteiger partial charge in [-0.3, -0.25) is 4.79 Å². The average molecular weight is 322 g/mol. The number of carbonyl (C=O) groups excluding carboxylic acids is 1. The number of carbonyl (C=O) groups is 1. The van der Waals surface area contributed by atoms with Gasteiger partial charge in [0.2, 0.25) is 0 Å². The summed E-state index contributed by atoms with van der Waals surface area (Å²) < 4.78 is 41.6. The molecule has 0 aliphatic carbocycles. The zero-order chi connectivity index (χ0) is 16.6. The van der Waals surface area contributed by atoms with Crippen LogP contribution < -0.4 is 10.5 Å². The van der Waals surface area contributed by atoms with Crippen molar-refractivity contribution in [3.05, 3.63) is 48.3 Å². The summed E-state index contributed by atoms with van der Waals surface area (Å²) >= 11 is 0. The third-order valence-electron chi connectivity index (χ3n) is 2.99. The molecule has 3 aromatic rings. The number of pyridine rings is 1. The number of fused-ring (bicyclic) bond motifs is 1. The van der Waals surface area contributed by atoms with Gasteiger partial charge in [-0.2, -0.15) is 5.10 Å². The molecule has 6 nitrogen and oxygen atoms in total. The number of aromatic nitrogens is 3. The topological polar surface area (TPSA) is 83.0 Å². The molecule has 9 heteroatoms. The molecule has 0 radical (unpaired) electrons. The Morgan fingerprint density at radius 2 is 1.83 bits per heavy atom. The van der Waals surface area contributed by atoms with Crippen LogP contribution in [0.15, 0.2) is 42.6 Å². The fourth-order valence-corrected chi connectivity index (χ4v) is 2.02. The van der Waals surface area contributed by atoms with Crippen molar-refractivity contribution < 1.29 is 22.7 Å². The molecule has 1 amide bonds. The summed E-state index contributed by atoms with van der Waals surface area (Å²) in [5, 5.41) is 4.77. The molecule has 0 fully saturated rings. The van der Waals surface area contributed by atoms with E-state index in [0.29, 0.717) is 16.7 Å². The van der Waals surface area contributed by atoms with Gasteiger partial charge in [0.15, 0.2) is 5.65 Å². The van der Waals surface area contributed by atoms with Gasteiger partial charge < -0.3 is 10.5 Å². The van der Waals surface area contributed by atoms with Crippen molar-refractivity contribution in [1.82, 2.24) is 14.8 Å². The lowest BCUT2D eigenvalue weighted by Crippen LogP contribution is -2.17. The summed E-state index contributed by atoms with van der Waals surface area (Å²) in [6.07, 6.45) is -3.23. The maximum Gasteiger partial charge on any atom is 0.573 e. The summed E-state index contributed by atoms with van der Waals surface area (Å²) in [7, 11) is 0. The molecule has 0 aliphatic heterocycles. The van der Waals surface area contributed by atoms with E-state index in [1.54, 1.807) is 6.07 Å². The highest BCUT2D eigenvalue weighted by molar-refractivity contribution is 5.93. The zero-order valence-corrected chi connectivity index (χ0v) is 11.4. The first-order valence-electron chi connectivity index (χ1n) is 6.34. The Morgan fingerprint density at radius 3 is 2.43 bits per heavy atom. The van der Waals surface area contributed by atoms with Crippen LogP contribution in [0.2, 0.25) is 0 Å². The molecule has 2 aromatic heterocycles. The monoisotopic (exact) mass is 322 g/mol. The zero-order valence-electron chi connectivity index (χ0n) is 11.4. The summed E-state index contributed by atoms with van der Waals surface area (Å²) in [6.45, 7) is 0. The Balaban J connectivity index is 1.99. The van der Waals surface area contributed by atoms with Gasteiger partial charge in [-0.25, -0.2) is 9.67 Å². The SMILES string of the molecule is NC(=O)c1ccc2cnn(-c3ccc(OC(F)(F)F)cc3)c2n1. The Morgan fingerprint density at radius 1 is 1.13 bits per heavy atom. The van der Waals surface area contributed by atoms with Gasteiger partial charge >= 0.3 is 6.36 Å². The summed E-state index contributed by atoms with van der Waals surface area (Å²) in [6, 6.07) is 8.21. The highest BCUT2D eigenvalue weighted by atomic mass is 19.4. The minimum Gasteiger partial charge on any atom is -0.406 e. The maximum absolute atomic E-state index is 12.2. The van der Waals surface area contributed by atoms with E-state index < -0.39 is 12.3 Å². The van der Waals surface area contributed by atoms with Crippen LogP contribution in [0.25, 0.3) is 16.7 Å². The summed E-state index contributed by atoms with van der Waals surface area (Å²) in [5.41, 5.74) is 6.08. The molecule has 2 N–H and O–H groups in total. The smallest absolute Gasteiger partial charge is 0.406 e. The molecule has 0 atom stereocenters. The summed E-state index contributed by atoms with van der Waals surface area (Å²) in [5.74, 6) is -1.03. The average Bonchev–Trinajstić information content (AvgIpc) is 2.89. The molecule has 0 unspecified atom stereocenters. The second-order valence-corrected chi connectivity index (χ2v) is 4.57. The van der Waals surface area contributed by atoms with E-state index in [4.69, 9.17) is 5.73 Å². The fraction of sp³-hybridized carbons (Fsp3) is 0.0714. The molecular weight excluding hydrogens is 313 g/mol. The van der Waals surface area contributed by atoms with Gasteiger partial charge in [-0.1, -0.05) is 0 Å². The lowest BCUT2D eigenvalue weighted by atomic mass is 10.3. The minimum absolute atomic E-state index is 0.0660. The van der Waals surface area contributed by atoms with Crippen LogP contribution in [-0.2, 0) is 0 Å². The van der Waals surface area contributed by atoms with Crippen molar-refractivity contribution in [3.63, 3.8) is 0 Å². The standard InChI is InChI=1S/C14H9F3N4O2/c15-14(16,17)23-10-4-2-9(3-5-10)21-13-8(7-19-21)1-6-11(20-13)12(18)22/h1-7H,(H2,18,22). The molecule has 1 aromatic carbocycles. The second kappa shape index (κ2) is 5.27. The third-order valence-corrected chi connectivity index (χ3v) is 2.99. The molecule has 3 rings (SSSR count). The third kappa shape index (κ3) is 3.07. The van der Waals surface area contributed by atoms with E-state index in [-0.39, 0.29) is 11.4 Å². The maximum atomic E-state index is 12.2. The first kappa shape index (κ1) is 14.8. The minimum atomic E-state index is -4.75. The Hall–Kier alpha value is -3.10. The summed E-state index contributed by atoms with van der Waals surface area (Å²) in [4.78, 5) is 15.3. The van der Waals surface area contributed by atoms with Crippen molar-refractivity contribution >= 4 is 16.9 Å². The van der Waals surface area contributed by atoms with Gasteiger partial charge in [0, 0.05) is 5.39 Å². The molecular formula is C14H9F3N4O2. The molecule has 23 heavy (non-hydrogen) atoms. The molecule has 0 saturated heterocycles. The van der Waals surface area contributed by atoms with E-state index >= 15 is 0 Å². The number of halogens is 3. The number of benzene rings is 1. The van der Waals surface area contributed by atoms with Crippen molar-refractivity contribution in [2.45, 2.75) is 6.36 Å². The molecule has 0 saturated carbocycles. The van der Waals surface area contributed by atoms with Crippen LogP contribution in [0, 0.1) is 0 Å². The number of primary amides is 1. The van der Waals surface area contributed by atoms with Gasteiger partial charge in [0.1, 0.15) is 11.4 Å². The highest BCUT2D eigenvalue weighted by Gasteiger charge is 2.31. The van der Waals surface area contributed by atoms with Crippen molar-refractivity contribution in [3.8, 4) is 11.4 Å². The number of nitrogens with two attached hydrogens (primary N) is 1. The van der Waals surface area contributed by atoms with Gasteiger partial charge in [-0.15, -0.1) is 13.2 Å². The molecule has 0 spiro atoms. The van der Waals surface area contributed by atoms with Gasteiger partial charge in [0.25, 0.3) is 5.91 Å². The molecule has 0 bridgehead atoms. The van der Waals surface area contributed by atoms with Crippen LogP contribution in [0.4, 0.5) is 13.2 Å². The van der Waals surface area contributed by atoms with Gasteiger partial charge in [-0.05, 0) is 36.4 Å². The number of nitrogens with zero attached hydrogens (tertiary/aromatic N) is 3. The van der Waals surface area contributed by atoms with Crippen LogP contribution in [-0.4, -0.2) is 27.0 Å². The van der Waals surface area contributed by atoms with E-state index in [0.717, 1.165) is 12.1 Å². The predicted molar refractivity (Wildman–Crippen MR) is 74.1 cm³/mol. The number of hydrogen-bond acceptors (Lipinski definition) is 4. The van der Waals surface area contributed by atoms with E-state index in [1.165, 1.54) is 29.1 Å². The largest absolute Gasteiger partial charge is 0.573 e. The lowest BCUT2D eigenvalue weighted by molar-refractivity contribution is -0.274. The van der Waals surface area contributed by atoms with E-state index in [9.17, 15) is 18.0 Å². The quantitative estimate of drug-likeness (QED) is 0.803. The van der Waals surface area contributed by atoms with Crippen molar-refractivity contribution in [2.75, 3.05) is 0 Å². The van der Waals surface area contributed by atoms with Crippen LogP contribution in [0.3, 0.4) is 0 Å². The first-order chi connectivity index (χ1) is 10.8. The number of hydrogen-bond donors (Lipinski definition) is 1. The van der Waals surface area contributed by atoms with Crippen LogP contribution in [0.1, 0.15) is 10.5 Å². The Bertz CT molecular complexity index is 872. The number of ether oxygens (including phenoxy) is 1. The molecule has 118 valence electrons. The van der Waals surface area contributed by atoms with Crippen molar-refractivity contribution in [2.24, 2.45) is 5.73 Å². The predicted octanol–water partition coefficient (Wildman–Crippen LogP) is 2.42. The van der Waals surface area contributed by atoms with E-state index in [2.05, 4.69) is 14.8 Å². The molecule has 0 aliphatic rings. The lowest BCUT2D eigenvalue weighted by Gasteiger charge is -2.09. The Labute approximate surface area is 127 Å². The van der Waals surface area contributed by atoms with Crippen molar-refractivity contribution in [1.29, 1.82) is 0 Å². The number of amides is 1. The van der Waals surface area contributed by atoms with Crippen LogP contribution in [0.5, 0.6) is 5.75 Å². The highest BCUT2D eigenvalue weighted by Crippen LogP contribution is 2.24. The normalized spacial score (nSPS) is 11.6. The van der Waals surface area contributed by atoms with Gasteiger partial charge in [0.05, 0.1) is 11.9 Å².